The number of alkyl halides is 3. The monoisotopic (exact) mass is 380 g/mol. The zero-order valence-corrected chi connectivity index (χ0v) is 15.5. The molecule has 0 spiro atoms. The van der Waals surface area contributed by atoms with Gasteiger partial charge in [0.1, 0.15) is 5.01 Å². The van der Waals surface area contributed by atoms with Gasteiger partial charge in [-0.1, -0.05) is 17.9 Å². The van der Waals surface area contributed by atoms with Crippen molar-refractivity contribution in [2.45, 2.75) is 26.6 Å². The topological polar surface area (TPSA) is 49.3 Å². The standard InChI is InChI=1S/C18H19F3N4S/c1-12-13(2)26-16(25-12)11-24-17(22-3)23-9-5-7-14-6-4-8-15(10-14)18(19,20)21/h4,6,8,10H,9,11H2,1-3H3,(H2,22,23,24). The molecule has 0 saturated heterocycles. The fourth-order valence-electron chi connectivity index (χ4n) is 2.04. The highest BCUT2D eigenvalue weighted by Crippen LogP contribution is 2.29. The second-order valence-electron chi connectivity index (χ2n) is 5.41. The number of aryl methyl sites for hydroxylation is 2. The highest BCUT2D eigenvalue weighted by molar-refractivity contribution is 7.11. The van der Waals surface area contributed by atoms with Crippen LogP contribution in [0.2, 0.25) is 0 Å². The molecule has 0 saturated carbocycles. The summed E-state index contributed by atoms with van der Waals surface area (Å²) in [4.78, 5) is 9.69. The van der Waals surface area contributed by atoms with Crippen molar-refractivity contribution in [3.05, 3.63) is 51.0 Å². The van der Waals surface area contributed by atoms with Crippen LogP contribution >= 0.6 is 11.3 Å². The molecule has 8 heteroatoms. The first-order valence-corrected chi connectivity index (χ1v) is 8.65. The molecule has 138 valence electrons. The van der Waals surface area contributed by atoms with Crippen LogP contribution in [0.3, 0.4) is 0 Å². The SMILES string of the molecule is CN=C(NCC#Cc1cccc(C(F)(F)F)c1)NCc1nc(C)c(C)s1. The molecule has 2 rings (SSSR count). The smallest absolute Gasteiger partial charge is 0.350 e. The molecule has 0 aliphatic carbocycles. The Kier molecular flexibility index (Phi) is 6.64. The Morgan fingerprint density at radius 3 is 2.65 bits per heavy atom. The molecular weight excluding hydrogens is 361 g/mol. The number of guanidine groups is 1. The van der Waals surface area contributed by atoms with E-state index in [1.807, 2.05) is 13.8 Å². The van der Waals surface area contributed by atoms with Gasteiger partial charge in [-0.05, 0) is 32.0 Å². The summed E-state index contributed by atoms with van der Waals surface area (Å²) in [6.07, 6.45) is -4.37. The van der Waals surface area contributed by atoms with E-state index in [1.54, 1.807) is 24.5 Å². The minimum atomic E-state index is -4.37. The first kappa shape index (κ1) is 19.8. The Bertz CT molecular complexity index is 825. The first-order chi connectivity index (χ1) is 12.3. The third kappa shape index (κ3) is 5.77. The zero-order valence-electron chi connectivity index (χ0n) is 14.7. The Morgan fingerprint density at radius 1 is 1.27 bits per heavy atom. The summed E-state index contributed by atoms with van der Waals surface area (Å²) >= 11 is 1.62. The zero-order chi connectivity index (χ0) is 19.2. The van der Waals surface area contributed by atoms with E-state index in [1.165, 1.54) is 10.9 Å². The fourth-order valence-corrected chi connectivity index (χ4v) is 2.92. The van der Waals surface area contributed by atoms with Gasteiger partial charge in [0, 0.05) is 17.5 Å². The molecule has 0 aliphatic heterocycles. The van der Waals surface area contributed by atoms with Gasteiger partial charge in [-0.25, -0.2) is 4.98 Å². The van der Waals surface area contributed by atoms with Crippen LogP contribution in [0, 0.1) is 25.7 Å². The largest absolute Gasteiger partial charge is 0.416 e. The molecule has 0 fully saturated rings. The van der Waals surface area contributed by atoms with E-state index in [2.05, 4.69) is 32.5 Å². The predicted molar refractivity (Wildman–Crippen MR) is 98.1 cm³/mol. The number of rotatable bonds is 3. The van der Waals surface area contributed by atoms with Crippen molar-refractivity contribution in [3.63, 3.8) is 0 Å². The third-order valence-corrected chi connectivity index (χ3v) is 4.54. The van der Waals surface area contributed by atoms with Crippen LogP contribution in [0.4, 0.5) is 13.2 Å². The summed E-state index contributed by atoms with van der Waals surface area (Å²) in [6.45, 7) is 4.78. The van der Waals surface area contributed by atoms with Crippen molar-refractivity contribution in [1.82, 2.24) is 15.6 Å². The van der Waals surface area contributed by atoms with Crippen molar-refractivity contribution in [3.8, 4) is 11.8 Å². The van der Waals surface area contributed by atoms with Crippen molar-refractivity contribution in [2.24, 2.45) is 4.99 Å². The predicted octanol–water partition coefficient (Wildman–Crippen LogP) is 3.50. The van der Waals surface area contributed by atoms with E-state index in [0.717, 1.165) is 22.8 Å². The van der Waals surface area contributed by atoms with Gasteiger partial charge in [-0.3, -0.25) is 4.99 Å². The third-order valence-electron chi connectivity index (χ3n) is 3.47. The first-order valence-electron chi connectivity index (χ1n) is 7.83. The van der Waals surface area contributed by atoms with E-state index < -0.39 is 11.7 Å². The number of halogens is 3. The molecule has 0 bridgehead atoms. The maximum absolute atomic E-state index is 12.7. The van der Waals surface area contributed by atoms with Gasteiger partial charge in [0.2, 0.25) is 0 Å². The van der Waals surface area contributed by atoms with Crippen LogP contribution in [0.1, 0.15) is 26.7 Å². The lowest BCUT2D eigenvalue weighted by Crippen LogP contribution is -2.36. The van der Waals surface area contributed by atoms with E-state index >= 15 is 0 Å². The normalized spacial score (nSPS) is 11.7. The molecule has 0 radical (unpaired) electrons. The second kappa shape index (κ2) is 8.72. The number of hydrogen-bond acceptors (Lipinski definition) is 3. The van der Waals surface area contributed by atoms with Crippen molar-refractivity contribution >= 4 is 17.3 Å². The van der Waals surface area contributed by atoms with E-state index in [0.29, 0.717) is 18.1 Å². The average molecular weight is 380 g/mol. The number of nitrogens with zero attached hydrogens (tertiary/aromatic N) is 2. The second-order valence-corrected chi connectivity index (χ2v) is 6.70. The highest BCUT2D eigenvalue weighted by Gasteiger charge is 2.30. The van der Waals surface area contributed by atoms with Crippen LogP contribution in [-0.2, 0) is 12.7 Å². The summed E-state index contributed by atoms with van der Waals surface area (Å²) in [6, 6.07) is 4.95. The van der Waals surface area contributed by atoms with E-state index in [-0.39, 0.29) is 6.54 Å². The molecule has 0 aliphatic rings. The van der Waals surface area contributed by atoms with Gasteiger partial charge in [0.25, 0.3) is 0 Å². The summed E-state index contributed by atoms with van der Waals surface area (Å²) < 4.78 is 38.0. The minimum absolute atomic E-state index is 0.256. The average Bonchev–Trinajstić information content (AvgIpc) is 2.92. The van der Waals surface area contributed by atoms with Crippen molar-refractivity contribution in [1.29, 1.82) is 0 Å². The molecule has 0 unspecified atom stereocenters. The van der Waals surface area contributed by atoms with Gasteiger partial charge < -0.3 is 10.6 Å². The molecule has 1 aromatic heterocycles. The number of aliphatic imine (C=N–C) groups is 1. The molecule has 1 heterocycles. The van der Waals surface area contributed by atoms with Gasteiger partial charge >= 0.3 is 6.18 Å². The lowest BCUT2D eigenvalue weighted by molar-refractivity contribution is -0.137. The van der Waals surface area contributed by atoms with Gasteiger partial charge in [-0.15, -0.1) is 11.3 Å². The number of hydrogen-bond donors (Lipinski definition) is 2. The molecule has 4 nitrogen and oxygen atoms in total. The summed E-state index contributed by atoms with van der Waals surface area (Å²) in [5, 5.41) is 7.08. The minimum Gasteiger partial charge on any atom is -0.350 e. The Morgan fingerprint density at radius 2 is 2.04 bits per heavy atom. The molecular formula is C18H19F3N4S. The summed E-state index contributed by atoms with van der Waals surface area (Å²) in [7, 11) is 1.63. The van der Waals surface area contributed by atoms with Gasteiger partial charge in [0.05, 0.1) is 24.3 Å². The van der Waals surface area contributed by atoms with Gasteiger partial charge in [0.15, 0.2) is 5.96 Å². The van der Waals surface area contributed by atoms with E-state index in [4.69, 9.17) is 0 Å². The van der Waals surface area contributed by atoms with E-state index in [9.17, 15) is 13.2 Å². The molecule has 0 amide bonds. The van der Waals surface area contributed by atoms with Crippen LogP contribution in [0.5, 0.6) is 0 Å². The lowest BCUT2D eigenvalue weighted by Gasteiger charge is -2.08. The lowest BCUT2D eigenvalue weighted by atomic mass is 10.1. The molecule has 1 aromatic carbocycles. The molecule has 2 aromatic rings. The van der Waals surface area contributed by atoms with Crippen LogP contribution in [0.25, 0.3) is 0 Å². The summed E-state index contributed by atoms with van der Waals surface area (Å²) in [5.74, 6) is 6.06. The number of nitrogens with one attached hydrogen (secondary N) is 2. The number of aromatic nitrogens is 1. The Balaban J connectivity index is 1.87. The van der Waals surface area contributed by atoms with Gasteiger partial charge in [-0.2, -0.15) is 13.2 Å². The highest BCUT2D eigenvalue weighted by atomic mass is 32.1. The summed E-state index contributed by atoms with van der Waals surface area (Å²) in [5.41, 5.74) is 0.628. The van der Waals surface area contributed by atoms with Crippen LogP contribution in [-0.4, -0.2) is 24.5 Å². The van der Waals surface area contributed by atoms with Crippen LogP contribution < -0.4 is 10.6 Å². The molecule has 0 atom stereocenters. The molecule has 2 N–H and O–H groups in total. The Hall–Kier alpha value is -2.53. The van der Waals surface area contributed by atoms with Crippen molar-refractivity contribution < 1.29 is 13.2 Å². The maximum Gasteiger partial charge on any atom is 0.416 e. The van der Waals surface area contributed by atoms with Crippen molar-refractivity contribution in [2.75, 3.05) is 13.6 Å². The fraction of sp³-hybridized carbons (Fsp3) is 0.333. The number of benzene rings is 1. The quantitative estimate of drug-likeness (QED) is 0.487. The Labute approximate surface area is 154 Å². The molecule has 26 heavy (non-hydrogen) atoms. The maximum atomic E-state index is 12.7. The number of thiazole rings is 1. The van der Waals surface area contributed by atoms with Crippen LogP contribution in [0.15, 0.2) is 29.3 Å².